The Labute approximate surface area is 172 Å². The van der Waals surface area contributed by atoms with Gasteiger partial charge in [0, 0.05) is 45.2 Å². The standard InChI is InChI=1S/C21H29N3O4S/c1-2-20(25)24-9-7-19(8-10-24)21(26)22-15-17-3-5-18(6-4-17)16-23-11-13-29(27,28)14-12-23/h2-6,19H,1,7-16H2,(H,22,26). The van der Waals surface area contributed by atoms with Crippen molar-refractivity contribution >= 4 is 21.7 Å². The molecule has 1 N–H and O–H groups in total. The van der Waals surface area contributed by atoms with E-state index in [2.05, 4.69) is 16.8 Å². The zero-order valence-corrected chi connectivity index (χ0v) is 17.5. The second kappa shape index (κ2) is 9.54. The summed E-state index contributed by atoms with van der Waals surface area (Å²) in [7, 11) is -2.85. The number of sulfone groups is 1. The summed E-state index contributed by atoms with van der Waals surface area (Å²) in [4.78, 5) is 27.9. The van der Waals surface area contributed by atoms with Gasteiger partial charge >= 0.3 is 0 Å². The van der Waals surface area contributed by atoms with Gasteiger partial charge in [0.2, 0.25) is 11.8 Å². The molecule has 7 nitrogen and oxygen atoms in total. The van der Waals surface area contributed by atoms with Crippen molar-refractivity contribution < 1.29 is 18.0 Å². The van der Waals surface area contributed by atoms with Crippen molar-refractivity contribution in [3.05, 3.63) is 48.0 Å². The minimum absolute atomic E-state index is 0.0364. The maximum atomic E-state index is 12.4. The highest BCUT2D eigenvalue weighted by molar-refractivity contribution is 7.91. The zero-order chi connectivity index (χ0) is 20.9. The Morgan fingerprint density at radius 2 is 1.62 bits per heavy atom. The molecule has 0 bridgehead atoms. The lowest BCUT2D eigenvalue weighted by molar-refractivity contribution is -0.132. The van der Waals surface area contributed by atoms with Crippen molar-refractivity contribution in [2.45, 2.75) is 25.9 Å². The lowest BCUT2D eigenvalue weighted by Gasteiger charge is -2.30. The summed E-state index contributed by atoms with van der Waals surface area (Å²) in [5, 5.41) is 3.00. The van der Waals surface area contributed by atoms with Crippen molar-refractivity contribution in [1.29, 1.82) is 0 Å². The smallest absolute Gasteiger partial charge is 0.245 e. The van der Waals surface area contributed by atoms with E-state index < -0.39 is 9.84 Å². The average Bonchev–Trinajstić information content (AvgIpc) is 2.74. The van der Waals surface area contributed by atoms with Crippen LogP contribution in [-0.2, 0) is 32.5 Å². The molecular formula is C21H29N3O4S. The minimum Gasteiger partial charge on any atom is -0.352 e. The Morgan fingerprint density at radius 3 is 2.21 bits per heavy atom. The third kappa shape index (κ3) is 6.14. The van der Waals surface area contributed by atoms with E-state index in [1.54, 1.807) is 4.90 Å². The van der Waals surface area contributed by atoms with Gasteiger partial charge in [-0.25, -0.2) is 8.42 Å². The van der Waals surface area contributed by atoms with E-state index in [4.69, 9.17) is 0 Å². The van der Waals surface area contributed by atoms with Crippen LogP contribution in [0.15, 0.2) is 36.9 Å². The van der Waals surface area contributed by atoms with Gasteiger partial charge in [0.1, 0.15) is 0 Å². The highest BCUT2D eigenvalue weighted by Crippen LogP contribution is 2.18. The van der Waals surface area contributed by atoms with Crippen LogP contribution in [0.5, 0.6) is 0 Å². The van der Waals surface area contributed by atoms with E-state index in [0.29, 0.717) is 45.6 Å². The number of hydrogen-bond acceptors (Lipinski definition) is 5. The molecule has 0 atom stereocenters. The molecule has 8 heteroatoms. The number of benzene rings is 1. The van der Waals surface area contributed by atoms with Gasteiger partial charge in [-0.15, -0.1) is 0 Å². The van der Waals surface area contributed by atoms with Crippen LogP contribution >= 0.6 is 0 Å². The maximum absolute atomic E-state index is 12.4. The number of carbonyl (C=O) groups is 2. The highest BCUT2D eigenvalue weighted by Gasteiger charge is 2.26. The molecule has 2 amide bonds. The number of nitrogens with zero attached hydrogens (tertiary/aromatic N) is 2. The van der Waals surface area contributed by atoms with E-state index in [0.717, 1.165) is 17.7 Å². The Bertz CT molecular complexity index is 829. The minimum atomic E-state index is -2.85. The Balaban J connectivity index is 1.41. The van der Waals surface area contributed by atoms with E-state index in [1.165, 1.54) is 6.08 Å². The molecule has 158 valence electrons. The van der Waals surface area contributed by atoms with E-state index in [-0.39, 0.29) is 29.2 Å². The molecule has 0 aliphatic carbocycles. The first-order valence-corrected chi connectivity index (χ1v) is 11.9. The van der Waals surface area contributed by atoms with Crippen LogP contribution in [-0.4, -0.2) is 67.7 Å². The van der Waals surface area contributed by atoms with Gasteiger partial charge in [-0.1, -0.05) is 30.8 Å². The Hall–Kier alpha value is -2.19. The van der Waals surface area contributed by atoms with Gasteiger partial charge in [0.05, 0.1) is 11.5 Å². The lowest BCUT2D eigenvalue weighted by atomic mass is 9.95. The van der Waals surface area contributed by atoms with Crippen LogP contribution in [0.25, 0.3) is 0 Å². The fourth-order valence-corrected chi connectivity index (χ4v) is 5.03. The van der Waals surface area contributed by atoms with Crippen molar-refractivity contribution in [3.8, 4) is 0 Å². The Morgan fingerprint density at radius 1 is 1.03 bits per heavy atom. The molecule has 0 saturated carbocycles. The molecule has 0 radical (unpaired) electrons. The van der Waals surface area contributed by atoms with Crippen LogP contribution in [0.3, 0.4) is 0 Å². The quantitative estimate of drug-likeness (QED) is 0.694. The van der Waals surface area contributed by atoms with Gasteiger partial charge < -0.3 is 10.2 Å². The summed E-state index contributed by atoms with van der Waals surface area (Å²) in [6, 6.07) is 8.07. The second-order valence-electron chi connectivity index (χ2n) is 7.77. The third-order valence-corrected chi connectivity index (χ3v) is 7.29. The number of piperidine rings is 1. The first-order valence-electron chi connectivity index (χ1n) is 10.1. The van der Waals surface area contributed by atoms with Gasteiger partial charge in [-0.2, -0.15) is 0 Å². The summed E-state index contributed by atoms with van der Waals surface area (Å²) < 4.78 is 23.0. The van der Waals surface area contributed by atoms with Crippen molar-refractivity contribution in [2.24, 2.45) is 5.92 Å². The van der Waals surface area contributed by atoms with Crippen molar-refractivity contribution in [3.63, 3.8) is 0 Å². The van der Waals surface area contributed by atoms with E-state index >= 15 is 0 Å². The molecule has 2 aliphatic heterocycles. The fraction of sp³-hybridized carbons (Fsp3) is 0.524. The number of hydrogen-bond donors (Lipinski definition) is 1. The molecule has 0 aromatic heterocycles. The average molecular weight is 420 g/mol. The van der Waals surface area contributed by atoms with Gasteiger partial charge in [0.15, 0.2) is 9.84 Å². The van der Waals surface area contributed by atoms with E-state index in [1.807, 2.05) is 24.3 Å². The topological polar surface area (TPSA) is 86.8 Å². The summed E-state index contributed by atoms with van der Waals surface area (Å²) in [5.74, 6) is 0.373. The maximum Gasteiger partial charge on any atom is 0.245 e. The number of rotatable bonds is 6. The van der Waals surface area contributed by atoms with Gasteiger partial charge in [0.25, 0.3) is 0 Å². The molecule has 1 aromatic carbocycles. The number of amides is 2. The predicted molar refractivity (Wildman–Crippen MR) is 112 cm³/mol. The largest absolute Gasteiger partial charge is 0.352 e. The molecule has 0 spiro atoms. The van der Waals surface area contributed by atoms with Crippen molar-refractivity contribution in [1.82, 2.24) is 15.1 Å². The zero-order valence-electron chi connectivity index (χ0n) is 16.7. The van der Waals surface area contributed by atoms with Crippen LogP contribution in [0.1, 0.15) is 24.0 Å². The summed E-state index contributed by atoms with van der Waals surface area (Å²) in [6.07, 6.45) is 2.67. The van der Waals surface area contributed by atoms with Crippen molar-refractivity contribution in [2.75, 3.05) is 37.7 Å². The van der Waals surface area contributed by atoms with Gasteiger partial charge in [-0.05, 0) is 30.0 Å². The molecule has 2 heterocycles. The second-order valence-corrected chi connectivity index (χ2v) is 10.1. The van der Waals surface area contributed by atoms with Crippen LogP contribution in [0.4, 0.5) is 0 Å². The monoisotopic (exact) mass is 419 g/mol. The summed E-state index contributed by atoms with van der Waals surface area (Å²) in [6.45, 7) is 7.07. The molecule has 1 aromatic rings. The molecule has 0 unspecified atom stereocenters. The molecule has 2 fully saturated rings. The normalized spacial score (nSPS) is 20.2. The SMILES string of the molecule is C=CC(=O)N1CCC(C(=O)NCc2ccc(CN3CCS(=O)(=O)CC3)cc2)CC1. The molecular weight excluding hydrogens is 390 g/mol. The van der Waals surface area contributed by atoms with Crippen LogP contribution in [0.2, 0.25) is 0 Å². The van der Waals surface area contributed by atoms with Crippen LogP contribution in [0, 0.1) is 5.92 Å². The molecule has 3 rings (SSSR count). The highest BCUT2D eigenvalue weighted by atomic mass is 32.2. The predicted octanol–water partition coefficient (Wildman–Crippen LogP) is 0.958. The fourth-order valence-electron chi connectivity index (χ4n) is 3.75. The molecule has 29 heavy (non-hydrogen) atoms. The number of nitrogens with one attached hydrogen (secondary N) is 1. The summed E-state index contributed by atoms with van der Waals surface area (Å²) >= 11 is 0. The Kier molecular flexibility index (Phi) is 7.08. The first-order chi connectivity index (χ1) is 13.9. The molecule has 2 saturated heterocycles. The molecule has 2 aliphatic rings. The number of carbonyl (C=O) groups excluding carboxylic acids is 2. The van der Waals surface area contributed by atoms with E-state index in [9.17, 15) is 18.0 Å². The number of likely N-dealkylation sites (tertiary alicyclic amines) is 1. The lowest BCUT2D eigenvalue weighted by Crippen LogP contribution is -2.42. The van der Waals surface area contributed by atoms with Gasteiger partial charge in [-0.3, -0.25) is 14.5 Å². The third-order valence-electron chi connectivity index (χ3n) is 5.68. The first kappa shape index (κ1) is 21.5. The summed E-state index contributed by atoms with van der Waals surface area (Å²) in [5.41, 5.74) is 2.17. The van der Waals surface area contributed by atoms with Crippen LogP contribution < -0.4 is 5.32 Å².